The minimum absolute atomic E-state index is 0.0234. The first-order chi connectivity index (χ1) is 14.3. The Bertz CT molecular complexity index is 1110. The molecule has 158 valence electrons. The number of carbonyl (C=O) groups is 2. The van der Waals surface area contributed by atoms with Crippen LogP contribution in [0.3, 0.4) is 0 Å². The van der Waals surface area contributed by atoms with Gasteiger partial charge in [-0.1, -0.05) is 0 Å². The van der Waals surface area contributed by atoms with Crippen molar-refractivity contribution in [2.24, 2.45) is 0 Å². The highest BCUT2D eigenvalue weighted by molar-refractivity contribution is 7.94. The molecule has 4 rings (SSSR count). The maximum absolute atomic E-state index is 13.0. The van der Waals surface area contributed by atoms with Gasteiger partial charge in [0.15, 0.2) is 11.5 Å². The fourth-order valence-corrected chi connectivity index (χ4v) is 5.31. The Labute approximate surface area is 175 Å². The molecule has 2 heterocycles. The predicted octanol–water partition coefficient (Wildman–Crippen LogP) is 1.97. The molecule has 0 spiro atoms. The van der Waals surface area contributed by atoms with Gasteiger partial charge in [-0.2, -0.15) is 0 Å². The van der Waals surface area contributed by atoms with Gasteiger partial charge in [0.25, 0.3) is 5.91 Å². The fourth-order valence-electron chi connectivity index (χ4n) is 3.85. The lowest BCUT2D eigenvalue weighted by Crippen LogP contribution is -2.36. The molecular weight excluding hydrogens is 408 g/mol. The summed E-state index contributed by atoms with van der Waals surface area (Å²) < 4.78 is 35.7. The third-order valence-corrected chi connectivity index (χ3v) is 7.12. The van der Waals surface area contributed by atoms with Crippen molar-refractivity contribution in [2.75, 3.05) is 30.8 Å². The zero-order chi connectivity index (χ0) is 21.5. The Morgan fingerprint density at radius 2 is 1.60 bits per heavy atom. The van der Waals surface area contributed by atoms with Crippen LogP contribution in [0.4, 0.5) is 5.69 Å². The van der Waals surface area contributed by atoms with Crippen LogP contribution in [0.15, 0.2) is 36.4 Å². The minimum atomic E-state index is -3.62. The van der Waals surface area contributed by atoms with Gasteiger partial charge in [0.1, 0.15) is 0 Å². The van der Waals surface area contributed by atoms with E-state index >= 15 is 0 Å². The lowest BCUT2D eigenvalue weighted by Gasteiger charge is -2.30. The maximum Gasteiger partial charge on any atom is 0.254 e. The number of methoxy groups -OCH3 is 2. The summed E-state index contributed by atoms with van der Waals surface area (Å²) in [6, 6.07) is 9.95. The summed E-state index contributed by atoms with van der Waals surface area (Å²) in [5, 5.41) is 0. The molecule has 2 aliphatic heterocycles. The Hall–Kier alpha value is -3.07. The maximum atomic E-state index is 13.0. The molecule has 1 fully saturated rings. The highest BCUT2D eigenvalue weighted by atomic mass is 32.2. The lowest BCUT2D eigenvalue weighted by molar-refractivity contribution is -0.116. The van der Waals surface area contributed by atoms with Crippen LogP contribution < -0.4 is 13.8 Å². The number of anilines is 1. The molecule has 8 nitrogen and oxygen atoms in total. The number of hydrogen-bond acceptors (Lipinski definition) is 6. The molecule has 0 unspecified atom stereocenters. The van der Waals surface area contributed by atoms with Crippen molar-refractivity contribution in [1.82, 2.24) is 4.90 Å². The Balaban J connectivity index is 1.54. The molecule has 0 saturated carbocycles. The average Bonchev–Trinajstić information content (AvgIpc) is 3.04. The van der Waals surface area contributed by atoms with E-state index in [1.807, 2.05) is 12.1 Å². The summed E-state index contributed by atoms with van der Waals surface area (Å²) in [5.41, 5.74) is 2.81. The van der Waals surface area contributed by atoms with E-state index in [1.165, 1.54) is 12.1 Å². The molecule has 0 radical (unpaired) electrons. The Kier molecular flexibility index (Phi) is 5.15. The number of ether oxygens (including phenoxy) is 2. The van der Waals surface area contributed by atoms with Gasteiger partial charge in [0, 0.05) is 25.1 Å². The molecule has 0 atom stereocenters. The normalized spacial score (nSPS) is 17.6. The van der Waals surface area contributed by atoms with Gasteiger partial charge in [0.2, 0.25) is 15.9 Å². The third-order valence-electron chi connectivity index (χ3n) is 5.43. The quantitative estimate of drug-likeness (QED) is 0.736. The van der Waals surface area contributed by atoms with Gasteiger partial charge in [-0.3, -0.25) is 9.59 Å². The van der Waals surface area contributed by atoms with E-state index in [-0.39, 0.29) is 23.8 Å². The second kappa shape index (κ2) is 7.64. The van der Waals surface area contributed by atoms with Crippen molar-refractivity contribution in [3.05, 3.63) is 53.1 Å². The van der Waals surface area contributed by atoms with Crippen LogP contribution in [-0.2, 0) is 27.8 Å². The van der Waals surface area contributed by atoms with E-state index in [4.69, 9.17) is 9.47 Å². The van der Waals surface area contributed by atoms with Crippen molar-refractivity contribution in [1.29, 1.82) is 0 Å². The summed E-state index contributed by atoms with van der Waals surface area (Å²) in [6.45, 7) is 0.997. The highest BCUT2D eigenvalue weighted by Gasteiger charge is 2.36. The molecule has 2 aliphatic rings. The van der Waals surface area contributed by atoms with Gasteiger partial charge in [-0.05, 0) is 53.9 Å². The second-order valence-corrected chi connectivity index (χ2v) is 9.16. The van der Waals surface area contributed by atoms with Crippen LogP contribution in [0.1, 0.15) is 27.9 Å². The summed E-state index contributed by atoms with van der Waals surface area (Å²) in [7, 11) is -0.459. The number of fused-ring (bicyclic) bond motifs is 1. The van der Waals surface area contributed by atoms with E-state index in [9.17, 15) is 18.0 Å². The summed E-state index contributed by atoms with van der Waals surface area (Å²) >= 11 is 0. The van der Waals surface area contributed by atoms with Crippen molar-refractivity contribution < 1.29 is 27.5 Å². The number of carbonyl (C=O) groups excluding carboxylic acids is 2. The lowest BCUT2D eigenvalue weighted by atomic mass is 9.98. The van der Waals surface area contributed by atoms with Gasteiger partial charge < -0.3 is 14.4 Å². The number of nitrogens with zero attached hydrogens (tertiary/aromatic N) is 2. The van der Waals surface area contributed by atoms with Crippen molar-refractivity contribution in [2.45, 2.75) is 19.4 Å². The fraction of sp³-hybridized carbons (Fsp3) is 0.333. The first-order valence-electron chi connectivity index (χ1n) is 9.53. The Morgan fingerprint density at radius 3 is 2.17 bits per heavy atom. The second-order valence-electron chi connectivity index (χ2n) is 7.22. The standard InChI is InChI=1S/C21H22N2O6S/c1-28-18-11-15-7-9-22(13-16(15)12-19(18)29-2)21(25)14-3-5-17(6-4-14)23-20(24)8-10-30(23,26)27/h3-6,11-12H,7-10,13H2,1-2H3. The molecule has 2 amide bonds. The van der Waals surface area contributed by atoms with Crippen molar-refractivity contribution >= 4 is 27.5 Å². The smallest absolute Gasteiger partial charge is 0.254 e. The van der Waals surface area contributed by atoms with Crippen LogP contribution in [0.5, 0.6) is 11.5 Å². The number of rotatable bonds is 4. The van der Waals surface area contributed by atoms with Crippen LogP contribution in [0.25, 0.3) is 0 Å². The zero-order valence-corrected chi connectivity index (χ0v) is 17.6. The van der Waals surface area contributed by atoms with Crippen LogP contribution in [-0.4, -0.2) is 51.6 Å². The van der Waals surface area contributed by atoms with Gasteiger partial charge in [-0.25, -0.2) is 12.7 Å². The molecule has 2 aromatic carbocycles. The SMILES string of the molecule is COc1cc2c(cc1OC)CN(C(=O)c1ccc(N3C(=O)CCS3(=O)=O)cc1)CC2. The van der Waals surface area contributed by atoms with Crippen LogP contribution >= 0.6 is 0 Å². The van der Waals surface area contributed by atoms with E-state index in [1.54, 1.807) is 31.3 Å². The molecule has 0 bridgehead atoms. The first kappa shape index (κ1) is 20.2. The molecule has 1 saturated heterocycles. The number of amides is 2. The van der Waals surface area contributed by atoms with E-state index in [0.717, 1.165) is 15.4 Å². The van der Waals surface area contributed by atoms with E-state index < -0.39 is 15.9 Å². The monoisotopic (exact) mass is 430 g/mol. The molecule has 9 heteroatoms. The molecule has 0 aliphatic carbocycles. The molecular formula is C21H22N2O6S. The topological polar surface area (TPSA) is 93.2 Å². The predicted molar refractivity (Wildman–Crippen MR) is 110 cm³/mol. The Morgan fingerprint density at radius 1 is 0.967 bits per heavy atom. The number of sulfonamides is 1. The summed E-state index contributed by atoms with van der Waals surface area (Å²) in [5.74, 6) is 0.488. The van der Waals surface area contributed by atoms with Gasteiger partial charge >= 0.3 is 0 Å². The van der Waals surface area contributed by atoms with Crippen molar-refractivity contribution in [3.8, 4) is 11.5 Å². The van der Waals surface area contributed by atoms with E-state index in [2.05, 4.69) is 0 Å². The molecule has 2 aromatic rings. The molecule has 0 aromatic heterocycles. The first-order valence-corrected chi connectivity index (χ1v) is 11.1. The number of benzene rings is 2. The average molecular weight is 430 g/mol. The molecule has 30 heavy (non-hydrogen) atoms. The van der Waals surface area contributed by atoms with Gasteiger partial charge in [-0.15, -0.1) is 0 Å². The largest absolute Gasteiger partial charge is 0.493 e. The minimum Gasteiger partial charge on any atom is -0.493 e. The summed E-state index contributed by atoms with van der Waals surface area (Å²) in [4.78, 5) is 26.6. The van der Waals surface area contributed by atoms with Gasteiger partial charge in [0.05, 0.1) is 25.7 Å². The van der Waals surface area contributed by atoms with Crippen LogP contribution in [0.2, 0.25) is 0 Å². The van der Waals surface area contributed by atoms with E-state index in [0.29, 0.717) is 36.6 Å². The summed E-state index contributed by atoms with van der Waals surface area (Å²) in [6.07, 6.45) is 0.671. The number of hydrogen-bond donors (Lipinski definition) is 0. The molecule has 0 N–H and O–H groups in total. The third kappa shape index (κ3) is 3.49. The van der Waals surface area contributed by atoms with Crippen molar-refractivity contribution in [3.63, 3.8) is 0 Å². The highest BCUT2D eigenvalue weighted by Crippen LogP contribution is 2.33. The zero-order valence-electron chi connectivity index (χ0n) is 16.8. The van der Waals surface area contributed by atoms with Crippen LogP contribution in [0, 0.1) is 0 Å².